The number of carbonyl (C=O) groups excluding carboxylic acids is 1. The van der Waals surface area contributed by atoms with E-state index in [9.17, 15) is 13.6 Å². The molecule has 10 heteroatoms. The number of aromatic nitrogens is 4. The van der Waals surface area contributed by atoms with Crippen LogP contribution in [-0.2, 0) is 20.1 Å². The number of likely N-dealkylation sites (tertiary alicyclic amines) is 1. The zero-order valence-electron chi connectivity index (χ0n) is 23.2. The monoisotopic (exact) mass is 565 g/mol. The Morgan fingerprint density at radius 3 is 2.55 bits per heavy atom. The van der Waals surface area contributed by atoms with E-state index in [-0.39, 0.29) is 18.7 Å². The fraction of sp³-hybridized carbons (Fsp3) is 0.344. The van der Waals surface area contributed by atoms with Gasteiger partial charge in [0, 0.05) is 62.3 Å². The molecule has 2 fully saturated rings. The van der Waals surface area contributed by atoms with Gasteiger partial charge >= 0.3 is 0 Å². The summed E-state index contributed by atoms with van der Waals surface area (Å²) >= 11 is 0. The van der Waals surface area contributed by atoms with E-state index in [1.54, 1.807) is 17.3 Å². The van der Waals surface area contributed by atoms with E-state index in [0.29, 0.717) is 55.0 Å². The molecule has 0 spiro atoms. The van der Waals surface area contributed by atoms with Crippen LogP contribution in [0.1, 0.15) is 58.8 Å². The van der Waals surface area contributed by atoms with Gasteiger partial charge in [-0.1, -0.05) is 24.3 Å². The molecule has 212 valence electrons. The van der Waals surface area contributed by atoms with Crippen LogP contribution in [0.3, 0.4) is 0 Å². The highest BCUT2D eigenvalue weighted by Crippen LogP contribution is 2.43. The first-order valence-electron chi connectivity index (χ1n) is 14.2. The molecule has 4 heterocycles. The molecule has 2 aliphatic heterocycles. The Labute approximate surface area is 242 Å². The highest BCUT2D eigenvalue weighted by atomic mass is 19.3. The average molecular weight is 566 g/mol. The number of pyridine rings is 1. The van der Waals surface area contributed by atoms with Crippen LogP contribution >= 0.6 is 0 Å². The van der Waals surface area contributed by atoms with E-state index < -0.39 is 5.92 Å². The molecule has 7 rings (SSSR count). The molecule has 1 aliphatic carbocycles. The standard InChI is InChI=1S/C32H29F2N7O/c1-35-24-7-8-25(27(16-24)30-38-36-19-39(30)2)23-14-28(21-5-6-21)37-29(15-23)41-18-22-4-3-20(13-26(22)31(41)42)17-40-11-9-32(33,34)10-12-40/h3-4,7-8,13-16,19,21H,5-6,9-12,17-18H2,2H3. The lowest BCUT2D eigenvalue weighted by molar-refractivity contribution is -0.0566. The third kappa shape index (κ3) is 4.94. The SMILES string of the molecule is [C-]#[N+]c1ccc(-c2cc(C3CC3)nc(N3Cc4ccc(CN5CCC(F)(F)CC5)cc4C3=O)c2)c(-c2nncn2C)c1. The van der Waals surface area contributed by atoms with Gasteiger partial charge in [-0.15, -0.1) is 10.2 Å². The van der Waals surface area contributed by atoms with Crippen molar-refractivity contribution in [3.63, 3.8) is 0 Å². The maximum Gasteiger partial charge on any atom is 0.260 e. The first kappa shape index (κ1) is 26.4. The van der Waals surface area contributed by atoms with Crippen molar-refractivity contribution in [1.29, 1.82) is 0 Å². The highest BCUT2D eigenvalue weighted by molar-refractivity contribution is 6.10. The minimum Gasteiger partial charge on any atom is -0.317 e. The molecule has 1 saturated carbocycles. The van der Waals surface area contributed by atoms with E-state index in [1.807, 2.05) is 52.9 Å². The lowest BCUT2D eigenvalue weighted by Gasteiger charge is -2.31. The topological polar surface area (TPSA) is 71.5 Å². The summed E-state index contributed by atoms with van der Waals surface area (Å²) in [4.78, 5) is 26.1. The molecule has 1 amide bonds. The third-order valence-corrected chi connectivity index (χ3v) is 8.47. The van der Waals surface area contributed by atoms with Crippen molar-refractivity contribution < 1.29 is 13.6 Å². The molecule has 8 nitrogen and oxygen atoms in total. The number of nitrogens with zero attached hydrogens (tertiary/aromatic N) is 7. The number of amides is 1. The Morgan fingerprint density at radius 2 is 1.83 bits per heavy atom. The number of rotatable bonds is 6. The Balaban J connectivity index is 1.22. The van der Waals surface area contributed by atoms with Crippen molar-refractivity contribution >= 4 is 17.4 Å². The summed E-state index contributed by atoms with van der Waals surface area (Å²) in [5, 5.41) is 8.34. The highest BCUT2D eigenvalue weighted by Gasteiger charge is 2.35. The molecule has 4 aromatic rings. The fourth-order valence-corrected chi connectivity index (χ4v) is 5.91. The second-order valence-corrected chi connectivity index (χ2v) is 11.5. The van der Waals surface area contributed by atoms with E-state index in [1.165, 1.54) is 0 Å². The minimum atomic E-state index is -2.58. The number of anilines is 1. The Bertz CT molecular complexity index is 1740. The largest absolute Gasteiger partial charge is 0.317 e. The normalized spacial score (nSPS) is 18.2. The lowest BCUT2D eigenvalue weighted by Crippen LogP contribution is -2.38. The number of hydrogen-bond donors (Lipinski definition) is 0. The molecule has 0 unspecified atom stereocenters. The number of halogens is 2. The first-order valence-corrected chi connectivity index (χ1v) is 14.2. The minimum absolute atomic E-state index is 0.111. The van der Waals surface area contributed by atoms with Gasteiger partial charge < -0.3 is 4.57 Å². The number of alkyl halides is 2. The van der Waals surface area contributed by atoms with Gasteiger partial charge in [0.05, 0.1) is 13.1 Å². The van der Waals surface area contributed by atoms with E-state index in [4.69, 9.17) is 11.6 Å². The smallest absolute Gasteiger partial charge is 0.260 e. The van der Waals surface area contributed by atoms with E-state index in [2.05, 4.69) is 21.1 Å². The molecule has 0 atom stereocenters. The number of benzene rings is 2. The number of aryl methyl sites for hydroxylation is 1. The Kier molecular flexibility index (Phi) is 6.35. The van der Waals surface area contributed by atoms with E-state index in [0.717, 1.165) is 46.4 Å². The molecule has 3 aliphatic rings. The molecule has 2 aromatic carbocycles. The van der Waals surface area contributed by atoms with Gasteiger partial charge in [-0.3, -0.25) is 14.6 Å². The average Bonchev–Trinajstić information content (AvgIpc) is 3.68. The van der Waals surface area contributed by atoms with Crippen molar-refractivity contribution in [1.82, 2.24) is 24.6 Å². The summed E-state index contributed by atoms with van der Waals surface area (Å²) in [5.41, 5.74) is 6.55. The zero-order valence-corrected chi connectivity index (χ0v) is 23.2. The summed E-state index contributed by atoms with van der Waals surface area (Å²) in [7, 11) is 1.87. The first-order chi connectivity index (χ1) is 20.3. The van der Waals surface area contributed by atoms with Crippen molar-refractivity contribution in [3.8, 4) is 22.5 Å². The van der Waals surface area contributed by atoms with Crippen LogP contribution in [0.15, 0.2) is 54.9 Å². The number of carbonyl (C=O) groups is 1. The van der Waals surface area contributed by atoms with Gasteiger partial charge in [0.15, 0.2) is 11.5 Å². The van der Waals surface area contributed by atoms with Gasteiger partial charge in [0.1, 0.15) is 12.1 Å². The van der Waals surface area contributed by atoms with Gasteiger partial charge in [-0.05, 0) is 59.4 Å². The van der Waals surface area contributed by atoms with E-state index >= 15 is 0 Å². The number of hydrogen-bond acceptors (Lipinski definition) is 5. The maximum absolute atomic E-state index is 13.8. The zero-order chi connectivity index (χ0) is 29.0. The molecular weight excluding hydrogens is 536 g/mol. The van der Waals surface area contributed by atoms with Crippen molar-refractivity contribution in [3.05, 3.63) is 88.7 Å². The summed E-state index contributed by atoms with van der Waals surface area (Å²) in [6.07, 6.45) is 3.49. The molecule has 42 heavy (non-hydrogen) atoms. The number of fused-ring (bicyclic) bond motifs is 1. The molecule has 0 bridgehead atoms. The van der Waals surface area contributed by atoms with Crippen LogP contribution in [0, 0.1) is 6.57 Å². The molecule has 1 saturated heterocycles. The molecule has 2 aromatic heterocycles. The maximum atomic E-state index is 13.8. The summed E-state index contributed by atoms with van der Waals surface area (Å²) < 4.78 is 29.1. The predicted molar refractivity (Wildman–Crippen MR) is 154 cm³/mol. The van der Waals surface area contributed by atoms with Crippen LogP contribution in [0.25, 0.3) is 27.4 Å². The van der Waals surface area contributed by atoms with Crippen LogP contribution in [0.5, 0.6) is 0 Å². The predicted octanol–water partition coefficient (Wildman–Crippen LogP) is 6.36. The van der Waals surface area contributed by atoms with Gasteiger partial charge in [-0.2, -0.15) is 0 Å². The Hall–Kier alpha value is -4.49. The Morgan fingerprint density at radius 1 is 1.02 bits per heavy atom. The summed E-state index contributed by atoms with van der Waals surface area (Å²) in [6, 6.07) is 15.4. The molecular formula is C32H29F2N7O. The van der Waals surface area contributed by atoms with Crippen LogP contribution in [0.4, 0.5) is 20.3 Å². The second kappa shape index (κ2) is 10.1. The lowest BCUT2D eigenvalue weighted by atomic mass is 9.97. The van der Waals surface area contributed by atoms with Gasteiger partial charge in [0.25, 0.3) is 11.8 Å². The van der Waals surface area contributed by atoms with Gasteiger partial charge in [-0.25, -0.2) is 18.6 Å². The van der Waals surface area contributed by atoms with Crippen molar-refractivity contribution in [2.24, 2.45) is 7.05 Å². The number of piperidine rings is 1. The van der Waals surface area contributed by atoms with Crippen molar-refractivity contribution in [2.75, 3.05) is 18.0 Å². The van der Waals surface area contributed by atoms with Crippen LogP contribution in [0.2, 0.25) is 0 Å². The fourth-order valence-electron chi connectivity index (χ4n) is 5.91. The quantitative estimate of drug-likeness (QED) is 0.254. The van der Waals surface area contributed by atoms with Crippen LogP contribution in [-0.4, -0.2) is 49.6 Å². The van der Waals surface area contributed by atoms with Crippen LogP contribution < -0.4 is 4.90 Å². The van der Waals surface area contributed by atoms with Gasteiger partial charge in [0.2, 0.25) is 0 Å². The second-order valence-electron chi connectivity index (χ2n) is 11.5. The molecule has 0 radical (unpaired) electrons. The summed E-state index contributed by atoms with van der Waals surface area (Å²) in [6.45, 7) is 9.17. The molecule has 0 N–H and O–H groups in total. The summed E-state index contributed by atoms with van der Waals surface area (Å²) in [5.74, 6) is -1.10. The van der Waals surface area contributed by atoms with Crippen molar-refractivity contribution in [2.45, 2.75) is 50.6 Å². The third-order valence-electron chi connectivity index (χ3n) is 8.47.